The normalized spacial score (nSPS) is 17.1. The second-order valence-electron chi connectivity index (χ2n) is 12.9. The van der Waals surface area contributed by atoms with Gasteiger partial charge in [-0.15, -0.1) is 0 Å². The molecule has 0 saturated carbocycles. The zero-order chi connectivity index (χ0) is 33.3. The van der Waals surface area contributed by atoms with E-state index in [4.69, 9.17) is 16.6 Å². The number of carbonyl (C=O) groups is 1. The fourth-order valence-corrected chi connectivity index (χ4v) is 7.34. The van der Waals surface area contributed by atoms with E-state index in [1.54, 1.807) is 10.7 Å². The van der Waals surface area contributed by atoms with Crippen LogP contribution in [0, 0.1) is 5.82 Å². The maximum absolute atomic E-state index is 14.8. The minimum absolute atomic E-state index is 0.0932. The third-order valence-corrected chi connectivity index (χ3v) is 10.2. The number of hydrogen-bond donors (Lipinski definition) is 1. The second-order valence-corrected chi connectivity index (χ2v) is 13.3. The van der Waals surface area contributed by atoms with Gasteiger partial charge in [0.1, 0.15) is 11.6 Å². The third kappa shape index (κ3) is 6.65. The first-order chi connectivity index (χ1) is 23.3. The molecule has 1 amide bonds. The van der Waals surface area contributed by atoms with Crippen molar-refractivity contribution in [3.05, 3.63) is 95.8 Å². The lowest BCUT2D eigenvalue weighted by molar-refractivity contribution is 0.0728. The lowest BCUT2D eigenvalue weighted by Crippen LogP contribution is -2.62. The number of carbonyl (C=O) groups excluding carboxylic acids is 1. The number of pyridine rings is 2. The molecule has 2 aliphatic heterocycles. The van der Waals surface area contributed by atoms with Crippen LogP contribution in [0.2, 0.25) is 5.02 Å². The van der Waals surface area contributed by atoms with Gasteiger partial charge < -0.3 is 15.1 Å². The number of halogens is 2. The summed E-state index contributed by atoms with van der Waals surface area (Å²) in [6, 6.07) is 16.9. The molecule has 0 aliphatic carbocycles. The van der Waals surface area contributed by atoms with Crippen LogP contribution in [0.5, 0.6) is 0 Å². The monoisotopic (exact) mass is 666 g/mol. The van der Waals surface area contributed by atoms with Gasteiger partial charge in [-0.1, -0.05) is 30.7 Å². The van der Waals surface area contributed by atoms with Crippen molar-refractivity contribution in [1.29, 1.82) is 0 Å². The summed E-state index contributed by atoms with van der Waals surface area (Å²) >= 11 is 6.30. The first-order valence-corrected chi connectivity index (χ1v) is 17.0. The highest BCUT2D eigenvalue weighted by atomic mass is 35.5. The Hall–Kier alpha value is -4.38. The van der Waals surface area contributed by atoms with Gasteiger partial charge in [0, 0.05) is 88.0 Å². The van der Waals surface area contributed by atoms with Crippen molar-refractivity contribution in [2.45, 2.75) is 25.3 Å². The van der Waals surface area contributed by atoms with Crippen LogP contribution in [0.15, 0.2) is 79.4 Å². The second kappa shape index (κ2) is 13.6. The Morgan fingerprint density at radius 2 is 1.71 bits per heavy atom. The zero-order valence-corrected chi connectivity index (χ0v) is 28.1. The molecule has 2 aliphatic rings. The number of nitrogens with one attached hydrogen (secondary N) is 1. The van der Waals surface area contributed by atoms with Gasteiger partial charge in [0.25, 0.3) is 5.91 Å². The molecule has 48 heavy (non-hydrogen) atoms. The van der Waals surface area contributed by atoms with Crippen LogP contribution in [0.25, 0.3) is 33.2 Å². The largest absolute Gasteiger partial charge is 0.356 e. The molecule has 0 radical (unpaired) electrons. The maximum Gasteiger partial charge on any atom is 0.256 e. The molecule has 0 atom stereocenters. The fraction of sp³-hybridized carbons (Fsp3) is 0.351. The Morgan fingerprint density at radius 1 is 0.917 bits per heavy atom. The van der Waals surface area contributed by atoms with Crippen molar-refractivity contribution in [3.8, 4) is 22.3 Å². The van der Waals surface area contributed by atoms with Crippen molar-refractivity contribution in [2.75, 3.05) is 57.3 Å². The van der Waals surface area contributed by atoms with Crippen molar-refractivity contribution >= 4 is 34.2 Å². The van der Waals surface area contributed by atoms with E-state index >= 15 is 0 Å². The molecule has 2 aromatic carbocycles. The van der Waals surface area contributed by atoms with Crippen LogP contribution < -0.4 is 10.2 Å². The standard InChI is InChI=1S/C37H40ClFN8O/c1-3-45-16-18-46(19-17-45)25-37(43-36(48)35-31(38)7-4-8-32(35)39)11-14-47(15-12-37)34-10-9-26(22-41-34)30-20-27(28-23-42-44(2)24-28)21-33-29(30)6-5-13-40-33/h4-10,13,20-24H,3,11-12,14-19,25H2,1-2H3,(H,43,48). The molecule has 7 rings (SSSR count). The van der Waals surface area contributed by atoms with Gasteiger partial charge in [0.15, 0.2) is 0 Å². The number of piperidine rings is 1. The minimum atomic E-state index is -0.608. The number of nitrogens with zero attached hydrogens (tertiary/aromatic N) is 7. The van der Waals surface area contributed by atoms with Crippen LogP contribution in [0.3, 0.4) is 0 Å². The number of benzene rings is 2. The number of likely N-dealkylation sites (N-methyl/N-ethyl adjacent to an activating group) is 1. The van der Waals surface area contributed by atoms with Crippen molar-refractivity contribution in [3.63, 3.8) is 0 Å². The van der Waals surface area contributed by atoms with E-state index in [9.17, 15) is 9.18 Å². The predicted molar refractivity (Wildman–Crippen MR) is 189 cm³/mol. The van der Waals surface area contributed by atoms with Gasteiger partial charge in [-0.05, 0) is 73.0 Å². The Balaban J connectivity index is 1.11. The zero-order valence-electron chi connectivity index (χ0n) is 27.4. The van der Waals surface area contributed by atoms with E-state index in [0.717, 1.165) is 71.7 Å². The number of aromatic nitrogens is 4. The maximum atomic E-state index is 14.8. The predicted octanol–water partition coefficient (Wildman–Crippen LogP) is 5.90. The molecule has 3 aromatic heterocycles. The highest BCUT2D eigenvalue weighted by molar-refractivity contribution is 6.33. The number of aryl methyl sites for hydroxylation is 1. The third-order valence-electron chi connectivity index (χ3n) is 9.87. The molecule has 5 aromatic rings. The minimum Gasteiger partial charge on any atom is -0.356 e. The average molecular weight is 667 g/mol. The van der Waals surface area contributed by atoms with Gasteiger partial charge in [0.05, 0.1) is 27.8 Å². The quantitative estimate of drug-likeness (QED) is 0.221. The molecule has 0 bridgehead atoms. The number of amides is 1. The Kier molecular flexibility index (Phi) is 9.13. The number of rotatable bonds is 8. The number of fused-ring (bicyclic) bond motifs is 1. The molecular formula is C37H40ClFN8O. The first-order valence-electron chi connectivity index (χ1n) is 16.6. The molecular weight excluding hydrogens is 627 g/mol. The Labute approximate surface area is 285 Å². The van der Waals surface area contributed by atoms with E-state index in [1.165, 1.54) is 12.1 Å². The van der Waals surface area contributed by atoms with Crippen LogP contribution >= 0.6 is 11.6 Å². The molecule has 248 valence electrons. The summed E-state index contributed by atoms with van der Waals surface area (Å²) in [6.07, 6.45) is 9.02. The lowest BCUT2D eigenvalue weighted by Gasteiger charge is -2.46. The molecule has 0 unspecified atom stereocenters. The van der Waals surface area contributed by atoms with E-state index in [2.05, 4.69) is 67.4 Å². The topological polar surface area (TPSA) is 82.4 Å². The van der Waals surface area contributed by atoms with E-state index < -0.39 is 17.3 Å². The van der Waals surface area contributed by atoms with Gasteiger partial charge in [-0.2, -0.15) is 5.10 Å². The van der Waals surface area contributed by atoms with Crippen LogP contribution in [-0.2, 0) is 7.05 Å². The molecule has 9 nitrogen and oxygen atoms in total. The highest BCUT2D eigenvalue weighted by Crippen LogP contribution is 2.34. The van der Waals surface area contributed by atoms with Crippen LogP contribution in [0.4, 0.5) is 10.2 Å². The van der Waals surface area contributed by atoms with Gasteiger partial charge in [-0.3, -0.25) is 19.4 Å². The lowest BCUT2D eigenvalue weighted by atomic mass is 9.86. The van der Waals surface area contributed by atoms with Crippen molar-refractivity contribution in [1.82, 2.24) is 34.9 Å². The summed E-state index contributed by atoms with van der Waals surface area (Å²) in [6.45, 7) is 9.20. The summed E-state index contributed by atoms with van der Waals surface area (Å²) in [5.41, 5.74) is 4.46. The summed E-state index contributed by atoms with van der Waals surface area (Å²) in [4.78, 5) is 30.2. The van der Waals surface area contributed by atoms with Crippen molar-refractivity contribution < 1.29 is 9.18 Å². The number of hydrogen-bond acceptors (Lipinski definition) is 7. The molecule has 1 N–H and O–H groups in total. The molecule has 5 heterocycles. The van der Waals surface area contributed by atoms with Crippen molar-refractivity contribution in [2.24, 2.45) is 7.05 Å². The summed E-state index contributed by atoms with van der Waals surface area (Å²) in [5, 5.41) is 8.80. The molecule has 11 heteroatoms. The first kappa shape index (κ1) is 32.2. The summed E-state index contributed by atoms with van der Waals surface area (Å²) < 4.78 is 16.6. The van der Waals surface area contributed by atoms with Crippen LogP contribution in [-0.4, -0.2) is 93.4 Å². The highest BCUT2D eigenvalue weighted by Gasteiger charge is 2.39. The SMILES string of the molecule is CCN1CCN(CC2(NC(=O)c3c(F)cccc3Cl)CCN(c3ccc(-c4cc(-c5cnn(C)c5)cc5ncccc45)cn3)CC2)CC1. The van der Waals surface area contributed by atoms with Crippen LogP contribution in [0.1, 0.15) is 30.1 Å². The Bertz CT molecular complexity index is 1890. The average Bonchev–Trinajstić information content (AvgIpc) is 3.54. The smallest absolute Gasteiger partial charge is 0.256 e. The van der Waals surface area contributed by atoms with E-state index in [1.807, 2.05) is 37.9 Å². The molecule has 2 saturated heterocycles. The van der Waals surface area contributed by atoms with Gasteiger partial charge >= 0.3 is 0 Å². The van der Waals surface area contributed by atoms with E-state index in [-0.39, 0.29) is 10.6 Å². The van der Waals surface area contributed by atoms with Gasteiger partial charge in [-0.25, -0.2) is 9.37 Å². The number of anilines is 1. The molecule has 2 fully saturated rings. The summed E-state index contributed by atoms with van der Waals surface area (Å²) in [5.74, 6) is -0.183. The summed E-state index contributed by atoms with van der Waals surface area (Å²) in [7, 11) is 1.91. The number of piperazine rings is 1. The Morgan fingerprint density at radius 3 is 2.40 bits per heavy atom. The van der Waals surface area contributed by atoms with E-state index in [0.29, 0.717) is 32.5 Å². The fourth-order valence-electron chi connectivity index (χ4n) is 7.09. The van der Waals surface area contributed by atoms with Gasteiger partial charge in [0.2, 0.25) is 0 Å². The molecule has 0 spiro atoms.